The van der Waals surface area contributed by atoms with Gasteiger partial charge in [0.1, 0.15) is 0 Å². The molecule has 3 rings (SSSR count). The Bertz CT molecular complexity index is 769. The maximum absolute atomic E-state index is 12.3. The minimum absolute atomic E-state index is 0.0803. The zero-order valence-electron chi connectivity index (χ0n) is 15.3. The molecule has 1 aliphatic heterocycles. The third kappa shape index (κ3) is 5.67. The smallest absolute Gasteiger partial charge is 0.244 e. The molecule has 2 heterocycles. The number of hydrogen-bond acceptors (Lipinski definition) is 4. The van der Waals surface area contributed by atoms with Crippen LogP contribution >= 0.6 is 0 Å². The number of carbonyl (C=O) groups excluding carboxylic acids is 2. The fraction of sp³-hybridized carbons (Fsp3) is 0.286. The number of nitrogens with one attached hydrogen (secondary N) is 1. The molecule has 1 aromatic carbocycles. The Morgan fingerprint density at radius 1 is 1.00 bits per heavy atom. The van der Waals surface area contributed by atoms with Crippen LogP contribution in [0.1, 0.15) is 12.0 Å². The highest BCUT2D eigenvalue weighted by atomic mass is 16.2. The summed E-state index contributed by atoms with van der Waals surface area (Å²) >= 11 is 0. The van der Waals surface area contributed by atoms with Gasteiger partial charge in [0.25, 0.3) is 0 Å². The van der Waals surface area contributed by atoms with Gasteiger partial charge in [-0.3, -0.25) is 14.6 Å². The number of benzene rings is 1. The van der Waals surface area contributed by atoms with Crippen LogP contribution in [0.5, 0.6) is 0 Å². The van der Waals surface area contributed by atoms with Crippen LogP contribution in [0.25, 0.3) is 6.08 Å². The molecular formula is C21H24N4O2. The van der Waals surface area contributed by atoms with Gasteiger partial charge in [0, 0.05) is 63.3 Å². The first-order valence-electron chi connectivity index (χ1n) is 9.16. The van der Waals surface area contributed by atoms with Gasteiger partial charge >= 0.3 is 0 Å². The van der Waals surface area contributed by atoms with E-state index in [1.165, 1.54) is 6.08 Å². The van der Waals surface area contributed by atoms with Gasteiger partial charge < -0.3 is 15.1 Å². The number of hydrogen-bond donors (Lipinski definition) is 1. The van der Waals surface area contributed by atoms with Crippen molar-refractivity contribution >= 4 is 23.6 Å². The van der Waals surface area contributed by atoms with E-state index in [1.807, 2.05) is 47.4 Å². The van der Waals surface area contributed by atoms with Crippen LogP contribution in [-0.4, -0.2) is 54.4 Å². The molecule has 1 saturated heterocycles. The van der Waals surface area contributed by atoms with Crippen molar-refractivity contribution < 1.29 is 9.59 Å². The Balaban J connectivity index is 1.36. The summed E-state index contributed by atoms with van der Waals surface area (Å²) in [6.07, 6.45) is 7.13. The molecule has 0 unspecified atom stereocenters. The average Bonchev–Trinajstić information content (AvgIpc) is 2.74. The predicted octanol–water partition coefficient (Wildman–Crippen LogP) is 1.95. The zero-order valence-corrected chi connectivity index (χ0v) is 15.3. The highest BCUT2D eigenvalue weighted by Gasteiger charge is 2.20. The molecule has 27 heavy (non-hydrogen) atoms. The molecule has 1 aromatic heterocycles. The van der Waals surface area contributed by atoms with Gasteiger partial charge in [0.2, 0.25) is 11.8 Å². The Morgan fingerprint density at radius 2 is 1.70 bits per heavy atom. The van der Waals surface area contributed by atoms with Crippen molar-refractivity contribution in [1.29, 1.82) is 0 Å². The van der Waals surface area contributed by atoms with Crippen LogP contribution in [0.15, 0.2) is 60.9 Å². The van der Waals surface area contributed by atoms with Crippen LogP contribution in [0.3, 0.4) is 0 Å². The highest BCUT2D eigenvalue weighted by Crippen LogP contribution is 2.15. The van der Waals surface area contributed by atoms with Gasteiger partial charge in [0.05, 0.1) is 0 Å². The number of anilines is 1. The molecule has 0 atom stereocenters. The molecule has 0 saturated carbocycles. The van der Waals surface area contributed by atoms with Crippen molar-refractivity contribution in [3.8, 4) is 0 Å². The quantitative estimate of drug-likeness (QED) is 0.796. The Kier molecular flexibility index (Phi) is 6.57. The van der Waals surface area contributed by atoms with Crippen LogP contribution in [-0.2, 0) is 9.59 Å². The third-order valence-corrected chi connectivity index (χ3v) is 4.53. The largest absolute Gasteiger partial charge is 0.368 e. The van der Waals surface area contributed by atoms with E-state index in [4.69, 9.17) is 0 Å². The molecule has 1 N–H and O–H groups in total. The van der Waals surface area contributed by atoms with Crippen molar-refractivity contribution in [2.24, 2.45) is 0 Å². The lowest BCUT2D eigenvalue weighted by atomic mass is 10.2. The van der Waals surface area contributed by atoms with Crippen molar-refractivity contribution in [1.82, 2.24) is 15.2 Å². The highest BCUT2D eigenvalue weighted by molar-refractivity contribution is 5.92. The number of rotatable bonds is 6. The van der Waals surface area contributed by atoms with Crippen LogP contribution < -0.4 is 10.2 Å². The number of pyridine rings is 1. The van der Waals surface area contributed by atoms with E-state index >= 15 is 0 Å². The van der Waals surface area contributed by atoms with Gasteiger partial charge in [-0.05, 0) is 23.8 Å². The maximum atomic E-state index is 12.3. The predicted molar refractivity (Wildman–Crippen MR) is 106 cm³/mol. The lowest BCUT2D eigenvalue weighted by Crippen LogP contribution is -2.49. The SMILES string of the molecule is O=C(/C=C/c1ccccc1)NCCC(=O)N1CCN(c2ccncc2)CC1. The number of carbonyl (C=O) groups is 2. The van der Waals surface area contributed by atoms with Gasteiger partial charge in [-0.25, -0.2) is 0 Å². The first-order valence-corrected chi connectivity index (χ1v) is 9.16. The van der Waals surface area contributed by atoms with Gasteiger partial charge in [-0.2, -0.15) is 0 Å². The Hall–Kier alpha value is -3.15. The fourth-order valence-electron chi connectivity index (χ4n) is 3.01. The second-order valence-corrected chi connectivity index (χ2v) is 6.36. The number of aromatic nitrogens is 1. The van der Waals surface area contributed by atoms with E-state index in [2.05, 4.69) is 15.2 Å². The molecule has 0 spiro atoms. The first-order chi connectivity index (χ1) is 13.2. The minimum atomic E-state index is -0.186. The number of nitrogens with zero attached hydrogens (tertiary/aromatic N) is 3. The summed E-state index contributed by atoms with van der Waals surface area (Å²) in [7, 11) is 0. The number of piperazine rings is 1. The van der Waals surface area contributed by atoms with Crippen LogP contribution in [0.4, 0.5) is 5.69 Å². The standard InChI is InChI=1S/C21H24N4O2/c26-20(7-6-18-4-2-1-3-5-18)23-13-10-21(27)25-16-14-24(15-17-25)19-8-11-22-12-9-19/h1-9,11-12H,10,13-17H2,(H,23,26)/b7-6+. The Labute approximate surface area is 159 Å². The summed E-state index contributed by atoms with van der Waals surface area (Å²) in [6, 6.07) is 13.6. The van der Waals surface area contributed by atoms with Crippen LogP contribution in [0.2, 0.25) is 0 Å². The first kappa shape index (κ1) is 18.6. The second-order valence-electron chi connectivity index (χ2n) is 6.36. The van der Waals surface area contributed by atoms with E-state index in [-0.39, 0.29) is 11.8 Å². The molecule has 2 amide bonds. The molecule has 6 heteroatoms. The van der Waals surface area contributed by atoms with E-state index in [9.17, 15) is 9.59 Å². The molecule has 6 nitrogen and oxygen atoms in total. The number of amides is 2. The lowest BCUT2D eigenvalue weighted by molar-refractivity contribution is -0.131. The topological polar surface area (TPSA) is 65.5 Å². The molecule has 0 radical (unpaired) electrons. The fourth-order valence-corrected chi connectivity index (χ4v) is 3.01. The summed E-state index contributed by atoms with van der Waals surface area (Å²) in [5, 5.41) is 2.77. The van der Waals surface area contributed by atoms with E-state index in [0.717, 1.165) is 24.3 Å². The summed E-state index contributed by atoms with van der Waals surface area (Å²) in [4.78, 5) is 32.3. The second kappa shape index (κ2) is 9.52. The molecule has 1 aliphatic rings. The van der Waals surface area contributed by atoms with E-state index in [0.29, 0.717) is 26.1 Å². The molecule has 0 aliphatic carbocycles. The van der Waals surface area contributed by atoms with Crippen molar-refractivity contribution in [3.63, 3.8) is 0 Å². The Morgan fingerprint density at radius 3 is 2.41 bits per heavy atom. The summed E-state index contributed by atoms with van der Waals surface area (Å²) in [5.41, 5.74) is 2.10. The molecule has 1 fully saturated rings. The van der Waals surface area contributed by atoms with Crippen molar-refractivity contribution in [3.05, 3.63) is 66.5 Å². The lowest BCUT2D eigenvalue weighted by Gasteiger charge is -2.36. The van der Waals surface area contributed by atoms with Gasteiger partial charge in [-0.15, -0.1) is 0 Å². The average molecular weight is 364 g/mol. The normalized spacial score (nSPS) is 14.4. The summed E-state index contributed by atoms with van der Waals surface area (Å²) < 4.78 is 0. The van der Waals surface area contributed by atoms with E-state index in [1.54, 1.807) is 18.5 Å². The molecule has 140 valence electrons. The molecular weight excluding hydrogens is 340 g/mol. The maximum Gasteiger partial charge on any atom is 0.244 e. The molecule has 2 aromatic rings. The minimum Gasteiger partial charge on any atom is -0.368 e. The van der Waals surface area contributed by atoms with Crippen LogP contribution in [0, 0.1) is 0 Å². The van der Waals surface area contributed by atoms with Gasteiger partial charge in [0.15, 0.2) is 0 Å². The summed E-state index contributed by atoms with van der Waals surface area (Å²) in [6.45, 7) is 3.36. The zero-order chi connectivity index (χ0) is 18.9. The van der Waals surface area contributed by atoms with E-state index < -0.39 is 0 Å². The van der Waals surface area contributed by atoms with Crippen molar-refractivity contribution in [2.75, 3.05) is 37.6 Å². The van der Waals surface area contributed by atoms with Crippen molar-refractivity contribution in [2.45, 2.75) is 6.42 Å². The monoisotopic (exact) mass is 364 g/mol. The third-order valence-electron chi connectivity index (χ3n) is 4.53. The van der Waals surface area contributed by atoms with Gasteiger partial charge in [-0.1, -0.05) is 30.3 Å². The molecule has 0 bridgehead atoms. The summed E-state index contributed by atoms with van der Waals surface area (Å²) in [5.74, 6) is -0.106.